The van der Waals surface area contributed by atoms with Crippen LogP contribution in [0.3, 0.4) is 0 Å². The van der Waals surface area contributed by atoms with E-state index in [2.05, 4.69) is 15.9 Å². The predicted octanol–water partition coefficient (Wildman–Crippen LogP) is 2.93. The van der Waals surface area contributed by atoms with Crippen LogP contribution in [-0.4, -0.2) is 24.6 Å². The number of amides is 1. The lowest BCUT2D eigenvalue weighted by Crippen LogP contribution is -2.28. The standard InChI is InChI=1S/C12H13BrN2O2/c1-15(7-3-6-14)12(16)17-9-10-4-2-5-11(13)8-10/h2,4-5,8H,3,7,9H2,1H3. The van der Waals surface area contributed by atoms with E-state index >= 15 is 0 Å². The summed E-state index contributed by atoms with van der Waals surface area (Å²) in [4.78, 5) is 12.9. The average Bonchev–Trinajstić information content (AvgIpc) is 2.33. The van der Waals surface area contributed by atoms with Gasteiger partial charge in [-0.05, 0) is 17.7 Å². The Morgan fingerprint density at radius 3 is 3.00 bits per heavy atom. The molecule has 1 amide bonds. The molecule has 0 saturated carbocycles. The maximum atomic E-state index is 11.5. The summed E-state index contributed by atoms with van der Waals surface area (Å²) in [5.74, 6) is 0. The number of carbonyl (C=O) groups excluding carboxylic acids is 1. The highest BCUT2D eigenvalue weighted by molar-refractivity contribution is 9.10. The van der Waals surface area contributed by atoms with Gasteiger partial charge in [0.15, 0.2) is 0 Å². The minimum absolute atomic E-state index is 0.231. The zero-order valence-electron chi connectivity index (χ0n) is 9.52. The van der Waals surface area contributed by atoms with Crippen molar-refractivity contribution in [2.75, 3.05) is 13.6 Å². The molecule has 0 fully saturated rings. The predicted molar refractivity (Wildman–Crippen MR) is 67.2 cm³/mol. The van der Waals surface area contributed by atoms with E-state index in [0.29, 0.717) is 13.0 Å². The lowest BCUT2D eigenvalue weighted by molar-refractivity contribution is 0.105. The molecule has 0 radical (unpaired) electrons. The molecule has 17 heavy (non-hydrogen) atoms. The highest BCUT2D eigenvalue weighted by Gasteiger charge is 2.09. The molecular weight excluding hydrogens is 284 g/mol. The molecule has 0 heterocycles. The Bertz CT molecular complexity index is 429. The first-order valence-electron chi connectivity index (χ1n) is 5.13. The summed E-state index contributed by atoms with van der Waals surface area (Å²) in [6.07, 6.45) is -0.108. The number of nitrogens with zero attached hydrogens (tertiary/aromatic N) is 2. The SMILES string of the molecule is CN(CCC#N)C(=O)OCc1cccc(Br)c1. The Labute approximate surface area is 109 Å². The van der Waals surface area contributed by atoms with Gasteiger partial charge in [-0.15, -0.1) is 0 Å². The monoisotopic (exact) mass is 296 g/mol. The third-order valence-electron chi connectivity index (χ3n) is 2.12. The van der Waals surface area contributed by atoms with E-state index in [9.17, 15) is 4.79 Å². The van der Waals surface area contributed by atoms with Crippen molar-refractivity contribution in [3.63, 3.8) is 0 Å². The van der Waals surface area contributed by atoms with Crippen molar-refractivity contribution in [2.24, 2.45) is 0 Å². The summed E-state index contributed by atoms with van der Waals surface area (Å²) < 4.78 is 6.05. The second kappa shape index (κ2) is 6.92. The summed E-state index contributed by atoms with van der Waals surface area (Å²) in [6.45, 7) is 0.614. The van der Waals surface area contributed by atoms with Crippen LogP contribution in [-0.2, 0) is 11.3 Å². The van der Waals surface area contributed by atoms with Gasteiger partial charge < -0.3 is 9.64 Å². The van der Waals surface area contributed by atoms with Gasteiger partial charge in [-0.1, -0.05) is 28.1 Å². The van der Waals surface area contributed by atoms with Crippen LogP contribution in [0.2, 0.25) is 0 Å². The third-order valence-corrected chi connectivity index (χ3v) is 2.62. The molecule has 1 rings (SSSR count). The molecule has 4 nitrogen and oxygen atoms in total. The quantitative estimate of drug-likeness (QED) is 0.858. The van der Waals surface area contributed by atoms with Crippen LogP contribution in [0, 0.1) is 11.3 Å². The first-order valence-corrected chi connectivity index (χ1v) is 5.92. The van der Waals surface area contributed by atoms with E-state index in [1.807, 2.05) is 30.3 Å². The van der Waals surface area contributed by atoms with E-state index in [1.165, 1.54) is 4.90 Å². The molecule has 5 heteroatoms. The van der Waals surface area contributed by atoms with Gasteiger partial charge in [-0.2, -0.15) is 5.26 Å². The Kier molecular flexibility index (Phi) is 5.50. The van der Waals surface area contributed by atoms with Crippen LogP contribution in [0.5, 0.6) is 0 Å². The topological polar surface area (TPSA) is 53.3 Å². The van der Waals surface area contributed by atoms with E-state index in [4.69, 9.17) is 10.00 Å². The lowest BCUT2D eigenvalue weighted by Gasteiger charge is -2.15. The van der Waals surface area contributed by atoms with Crippen molar-refractivity contribution in [1.82, 2.24) is 4.90 Å². The van der Waals surface area contributed by atoms with Crippen LogP contribution >= 0.6 is 15.9 Å². The largest absolute Gasteiger partial charge is 0.445 e. The Balaban J connectivity index is 2.40. The number of ether oxygens (including phenoxy) is 1. The molecule has 0 aliphatic carbocycles. The molecule has 0 aromatic heterocycles. The van der Waals surface area contributed by atoms with Crippen molar-refractivity contribution in [3.8, 4) is 6.07 Å². The number of halogens is 1. The molecule has 1 aromatic carbocycles. The summed E-state index contributed by atoms with van der Waals surface area (Å²) in [5, 5.41) is 8.40. The van der Waals surface area contributed by atoms with Gasteiger partial charge in [0, 0.05) is 18.1 Å². The maximum absolute atomic E-state index is 11.5. The van der Waals surface area contributed by atoms with Crippen LogP contribution in [0.25, 0.3) is 0 Å². The van der Waals surface area contributed by atoms with Crippen LogP contribution in [0.15, 0.2) is 28.7 Å². The zero-order valence-corrected chi connectivity index (χ0v) is 11.1. The normalized spacial score (nSPS) is 9.47. The second-order valence-electron chi connectivity index (χ2n) is 3.51. The Morgan fingerprint density at radius 1 is 1.59 bits per heavy atom. The molecule has 0 atom stereocenters. The van der Waals surface area contributed by atoms with Gasteiger partial charge in [0.05, 0.1) is 12.5 Å². The first-order chi connectivity index (χ1) is 8.13. The third kappa shape index (κ3) is 4.87. The first kappa shape index (κ1) is 13.5. The number of hydrogen-bond acceptors (Lipinski definition) is 3. The summed E-state index contributed by atoms with van der Waals surface area (Å²) >= 11 is 3.35. The fourth-order valence-corrected chi connectivity index (χ4v) is 1.64. The molecular formula is C12H13BrN2O2. The Morgan fingerprint density at radius 2 is 2.35 bits per heavy atom. The van der Waals surface area contributed by atoms with E-state index in [-0.39, 0.29) is 6.61 Å². The molecule has 0 saturated heterocycles. The number of benzene rings is 1. The number of hydrogen-bond donors (Lipinski definition) is 0. The van der Waals surface area contributed by atoms with Gasteiger partial charge >= 0.3 is 6.09 Å². The smallest absolute Gasteiger partial charge is 0.409 e. The molecule has 0 N–H and O–H groups in total. The molecule has 0 bridgehead atoms. The zero-order chi connectivity index (χ0) is 12.7. The van der Waals surface area contributed by atoms with Crippen molar-refractivity contribution in [1.29, 1.82) is 5.26 Å². The van der Waals surface area contributed by atoms with E-state index in [1.54, 1.807) is 7.05 Å². The van der Waals surface area contributed by atoms with E-state index < -0.39 is 6.09 Å². The second-order valence-corrected chi connectivity index (χ2v) is 4.43. The molecule has 0 unspecified atom stereocenters. The molecule has 1 aromatic rings. The van der Waals surface area contributed by atoms with Gasteiger partial charge in [0.25, 0.3) is 0 Å². The molecule has 90 valence electrons. The van der Waals surface area contributed by atoms with Crippen LogP contribution < -0.4 is 0 Å². The van der Waals surface area contributed by atoms with Crippen molar-refractivity contribution < 1.29 is 9.53 Å². The fraction of sp³-hybridized carbons (Fsp3) is 0.333. The highest BCUT2D eigenvalue weighted by atomic mass is 79.9. The van der Waals surface area contributed by atoms with Gasteiger partial charge in [-0.3, -0.25) is 0 Å². The van der Waals surface area contributed by atoms with Gasteiger partial charge in [0.2, 0.25) is 0 Å². The summed E-state index contributed by atoms with van der Waals surface area (Å²) in [7, 11) is 1.61. The van der Waals surface area contributed by atoms with Gasteiger partial charge in [0.1, 0.15) is 6.61 Å². The van der Waals surface area contributed by atoms with Crippen molar-refractivity contribution in [2.45, 2.75) is 13.0 Å². The minimum Gasteiger partial charge on any atom is -0.445 e. The highest BCUT2D eigenvalue weighted by Crippen LogP contribution is 2.12. The number of nitriles is 1. The van der Waals surface area contributed by atoms with Crippen molar-refractivity contribution in [3.05, 3.63) is 34.3 Å². The van der Waals surface area contributed by atoms with Crippen LogP contribution in [0.4, 0.5) is 4.79 Å². The molecule has 0 aliphatic heterocycles. The lowest BCUT2D eigenvalue weighted by atomic mass is 10.2. The van der Waals surface area contributed by atoms with Gasteiger partial charge in [-0.25, -0.2) is 4.79 Å². The van der Waals surface area contributed by atoms with E-state index in [0.717, 1.165) is 10.0 Å². The maximum Gasteiger partial charge on any atom is 0.409 e. The summed E-state index contributed by atoms with van der Waals surface area (Å²) in [6, 6.07) is 9.54. The minimum atomic E-state index is -0.416. The number of carbonyl (C=O) groups is 1. The van der Waals surface area contributed by atoms with Crippen molar-refractivity contribution >= 4 is 22.0 Å². The van der Waals surface area contributed by atoms with Crippen LogP contribution in [0.1, 0.15) is 12.0 Å². The molecule has 0 spiro atoms. The summed E-state index contributed by atoms with van der Waals surface area (Å²) in [5.41, 5.74) is 0.918. The molecule has 0 aliphatic rings. The fourth-order valence-electron chi connectivity index (χ4n) is 1.19. The Hall–Kier alpha value is -1.54. The average molecular weight is 297 g/mol. The number of rotatable bonds is 4.